The Labute approximate surface area is 78.9 Å². The Morgan fingerprint density at radius 3 is 2.54 bits per heavy atom. The first-order valence-corrected chi connectivity index (χ1v) is 4.73. The summed E-state index contributed by atoms with van der Waals surface area (Å²) in [6.07, 6.45) is 4.64. The van der Waals surface area contributed by atoms with Crippen molar-refractivity contribution in [1.82, 2.24) is 9.97 Å². The van der Waals surface area contributed by atoms with Gasteiger partial charge in [-0.2, -0.15) is 0 Å². The minimum atomic E-state index is -0.446. The molecule has 0 saturated heterocycles. The molecule has 0 fully saturated rings. The molecule has 0 aliphatic carbocycles. The summed E-state index contributed by atoms with van der Waals surface area (Å²) in [6.45, 7) is 4.16. The first-order valence-electron chi connectivity index (χ1n) is 4.73. The Kier molecular flexibility index (Phi) is 3.83. The van der Waals surface area contributed by atoms with Crippen molar-refractivity contribution in [3.8, 4) is 0 Å². The highest BCUT2D eigenvalue weighted by Crippen LogP contribution is 2.24. The molecule has 0 bridgehead atoms. The number of hydrogen-bond acceptors (Lipinski definition) is 3. The molecule has 0 aliphatic heterocycles. The maximum atomic E-state index is 9.89. The van der Waals surface area contributed by atoms with Gasteiger partial charge in [-0.3, -0.25) is 0 Å². The van der Waals surface area contributed by atoms with Crippen LogP contribution >= 0.6 is 0 Å². The van der Waals surface area contributed by atoms with Crippen LogP contribution in [0.2, 0.25) is 0 Å². The van der Waals surface area contributed by atoms with E-state index < -0.39 is 6.10 Å². The van der Waals surface area contributed by atoms with Gasteiger partial charge < -0.3 is 5.11 Å². The van der Waals surface area contributed by atoms with Crippen LogP contribution in [0.4, 0.5) is 0 Å². The third-order valence-corrected chi connectivity index (χ3v) is 2.40. The molecule has 1 aromatic rings. The zero-order chi connectivity index (χ0) is 9.68. The lowest BCUT2D eigenvalue weighted by atomic mass is 9.94. The number of aromatic nitrogens is 2. The van der Waals surface area contributed by atoms with Crippen LogP contribution in [0, 0.1) is 5.92 Å². The van der Waals surface area contributed by atoms with Crippen LogP contribution in [0.3, 0.4) is 0 Å². The largest absolute Gasteiger partial charge is 0.387 e. The van der Waals surface area contributed by atoms with Gasteiger partial charge in [-0.15, -0.1) is 0 Å². The van der Waals surface area contributed by atoms with E-state index in [0.717, 1.165) is 18.5 Å². The average Bonchev–Trinajstić information content (AvgIpc) is 2.21. The normalized spacial score (nSPS) is 13.2. The van der Waals surface area contributed by atoms with E-state index in [1.54, 1.807) is 12.3 Å². The summed E-state index contributed by atoms with van der Waals surface area (Å²) >= 11 is 0. The van der Waals surface area contributed by atoms with Crippen molar-refractivity contribution in [3.63, 3.8) is 0 Å². The van der Waals surface area contributed by atoms with Gasteiger partial charge in [0.05, 0.1) is 11.8 Å². The molecule has 0 amide bonds. The highest BCUT2D eigenvalue weighted by atomic mass is 16.3. The average molecular weight is 180 g/mol. The Bertz CT molecular complexity index is 234. The van der Waals surface area contributed by atoms with Crippen LogP contribution in [0.15, 0.2) is 18.6 Å². The summed E-state index contributed by atoms with van der Waals surface area (Å²) in [4.78, 5) is 7.85. The summed E-state index contributed by atoms with van der Waals surface area (Å²) in [5.74, 6) is 0.301. The molecule has 0 saturated carbocycles. The SMILES string of the molecule is CCC(CC)C(O)c1ccncn1. The van der Waals surface area contributed by atoms with E-state index in [2.05, 4.69) is 23.8 Å². The molecule has 1 rings (SSSR count). The van der Waals surface area contributed by atoms with Crippen molar-refractivity contribution in [3.05, 3.63) is 24.3 Å². The fraction of sp³-hybridized carbons (Fsp3) is 0.600. The van der Waals surface area contributed by atoms with E-state index in [-0.39, 0.29) is 0 Å². The van der Waals surface area contributed by atoms with Gasteiger partial charge in [0.2, 0.25) is 0 Å². The Balaban J connectivity index is 2.72. The van der Waals surface area contributed by atoms with Gasteiger partial charge in [-0.25, -0.2) is 9.97 Å². The van der Waals surface area contributed by atoms with E-state index in [4.69, 9.17) is 0 Å². The molecule has 3 nitrogen and oxygen atoms in total. The van der Waals surface area contributed by atoms with Gasteiger partial charge in [0.15, 0.2) is 0 Å². The minimum Gasteiger partial charge on any atom is -0.387 e. The summed E-state index contributed by atoms with van der Waals surface area (Å²) in [7, 11) is 0. The van der Waals surface area contributed by atoms with E-state index in [1.807, 2.05) is 0 Å². The van der Waals surface area contributed by atoms with Crippen LogP contribution in [-0.4, -0.2) is 15.1 Å². The number of hydrogen-bond donors (Lipinski definition) is 1. The number of aliphatic hydroxyl groups is 1. The molecule has 1 aromatic heterocycles. The van der Waals surface area contributed by atoms with Gasteiger partial charge in [-0.1, -0.05) is 26.7 Å². The Morgan fingerprint density at radius 1 is 1.38 bits per heavy atom. The zero-order valence-electron chi connectivity index (χ0n) is 8.14. The van der Waals surface area contributed by atoms with E-state index in [1.165, 1.54) is 6.33 Å². The van der Waals surface area contributed by atoms with Crippen molar-refractivity contribution in [2.24, 2.45) is 5.92 Å². The van der Waals surface area contributed by atoms with E-state index in [9.17, 15) is 5.11 Å². The summed E-state index contributed by atoms with van der Waals surface area (Å²) < 4.78 is 0. The van der Waals surface area contributed by atoms with Gasteiger partial charge in [0, 0.05) is 6.20 Å². The third-order valence-electron chi connectivity index (χ3n) is 2.40. The quantitative estimate of drug-likeness (QED) is 0.770. The maximum absolute atomic E-state index is 9.89. The van der Waals surface area contributed by atoms with Crippen LogP contribution in [0.5, 0.6) is 0 Å². The van der Waals surface area contributed by atoms with Crippen molar-refractivity contribution < 1.29 is 5.11 Å². The summed E-state index contributed by atoms with van der Waals surface area (Å²) in [5.41, 5.74) is 0.726. The first kappa shape index (κ1) is 10.1. The zero-order valence-corrected chi connectivity index (χ0v) is 8.14. The number of aliphatic hydroxyl groups excluding tert-OH is 1. The number of rotatable bonds is 4. The molecule has 3 heteroatoms. The maximum Gasteiger partial charge on any atom is 0.115 e. The van der Waals surface area contributed by atoms with Crippen molar-refractivity contribution in [2.75, 3.05) is 0 Å². The summed E-state index contributed by atoms with van der Waals surface area (Å²) in [6, 6.07) is 1.77. The van der Waals surface area contributed by atoms with Gasteiger partial charge in [-0.05, 0) is 12.0 Å². The molecule has 1 unspecified atom stereocenters. The van der Waals surface area contributed by atoms with E-state index in [0.29, 0.717) is 5.92 Å². The lowest BCUT2D eigenvalue weighted by Gasteiger charge is -2.18. The van der Waals surface area contributed by atoms with Crippen LogP contribution < -0.4 is 0 Å². The molecule has 1 atom stereocenters. The second kappa shape index (κ2) is 4.92. The monoisotopic (exact) mass is 180 g/mol. The summed E-state index contributed by atoms with van der Waals surface area (Å²) in [5, 5.41) is 9.89. The lowest BCUT2D eigenvalue weighted by molar-refractivity contribution is 0.0990. The molecule has 72 valence electrons. The molecule has 0 spiro atoms. The molecule has 1 N–H and O–H groups in total. The van der Waals surface area contributed by atoms with Crippen LogP contribution in [-0.2, 0) is 0 Å². The third kappa shape index (κ3) is 2.49. The predicted molar refractivity (Wildman–Crippen MR) is 51.1 cm³/mol. The smallest absolute Gasteiger partial charge is 0.115 e. The van der Waals surface area contributed by atoms with Crippen LogP contribution in [0.1, 0.15) is 38.5 Å². The molecular formula is C10H16N2O. The second-order valence-corrected chi connectivity index (χ2v) is 3.16. The van der Waals surface area contributed by atoms with E-state index >= 15 is 0 Å². The van der Waals surface area contributed by atoms with Crippen molar-refractivity contribution in [1.29, 1.82) is 0 Å². The topological polar surface area (TPSA) is 46.0 Å². The molecule has 13 heavy (non-hydrogen) atoms. The number of nitrogens with zero attached hydrogens (tertiary/aromatic N) is 2. The fourth-order valence-corrected chi connectivity index (χ4v) is 1.45. The van der Waals surface area contributed by atoms with Gasteiger partial charge >= 0.3 is 0 Å². The molecular weight excluding hydrogens is 164 g/mol. The highest BCUT2D eigenvalue weighted by Gasteiger charge is 2.17. The second-order valence-electron chi connectivity index (χ2n) is 3.16. The minimum absolute atomic E-state index is 0.301. The van der Waals surface area contributed by atoms with Gasteiger partial charge in [0.1, 0.15) is 6.33 Å². The molecule has 0 aromatic carbocycles. The van der Waals surface area contributed by atoms with Gasteiger partial charge in [0.25, 0.3) is 0 Å². The highest BCUT2D eigenvalue weighted by molar-refractivity contribution is 5.03. The molecule has 1 heterocycles. The van der Waals surface area contributed by atoms with Crippen molar-refractivity contribution >= 4 is 0 Å². The molecule has 0 aliphatic rings. The standard InChI is InChI=1S/C10H16N2O/c1-3-8(4-2)10(13)9-5-6-11-7-12-9/h5-8,10,13H,3-4H2,1-2H3. The molecule has 0 radical (unpaired) electrons. The fourth-order valence-electron chi connectivity index (χ4n) is 1.45. The van der Waals surface area contributed by atoms with Crippen molar-refractivity contribution in [2.45, 2.75) is 32.8 Å². The predicted octanol–water partition coefficient (Wildman–Crippen LogP) is 1.95. The van der Waals surface area contributed by atoms with Crippen LogP contribution in [0.25, 0.3) is 0 Å². The Morgan fingerprint density at radius 2 is 2.08 bits per heavy atom. The first-order chi connectivity index (χ1) is 6.29. The Hall–Kier alpha value is -0.960. The lowest BCUT2D eigenvalue weighted by Crippen LogP contribution is -2.12.